The number of carbonyl (C=O) groups is 2. The molecule has 2 N–H and O–H groups in total. The van der Waals surface area contributed by atoms with Crippen molar-refractivity contribution in [3.8, 4) is 5.75 Å². The zero-order chi connectivity index (χ0) is 14.1. The van der Waals surface area contributed by atoms with E-state index in [0.717, 1.165) is 0 Å². The largest absolute Gasteiger partial charge is 0.494 e. The van der Waals surface area contributed by atoms with E-state index < -0.39 is 0 Å². The van der Waals surface area contributed by atoms with Crippen LogP contribution in [0, 0.1) is 5.82 Å². The Bertz CT molecular complexity index is 420. The molecule has 1 aromatic carbocycles. The monoisotopic (exact) mass is 268 g/mol. The number of halogens is 1. The van der Waals surface area contributed by atoms with Gasteiger partial charge in [0.1, 0.15) is 11.6 Å². The molecule has 0 saturated carbocycles. The van der Waals surface area contributed by atoms with Gasteiger partial charge in [-0.2, -0.15) is 0 Å². The second-order valence-corrected chi connectivity index (χ2v) is 3.86. The smallest absolute Gasteiger partial charge is 0.239 e. The van der Waals surface area contributed by atoms with Crippen LogP contribution in [0.3, 0.4) is 0 Å². The van der Waals surface area contributed by atoms with Gasteiger partial charge in [-0.15, -0.1) is 0 Å². The molecule has 0 bridgehead atoms. The van der Waals surface area contributed by atoms with Crippen LogP contribution in [0.1, 0.15) is 12.8 Å². The van der Waals surface area contributed by atoms with E-state index in [1.807, 2.05) is 0 Å². The summed E-state index contributed by atoms with van der Waals surface area (Å²) in [7, 11) is 1.50. The van der Waals surface area contributed by atoms with Crippen molar-refractivity contribution in [1.82, 2.24) is 10.6 Å². The van der Waals surface area contributed by atoms with Gasteiger partial charge in [0.15, 0.2) is 0 Å². The number of hydrogen-bond acceptors (Lipinski definition) is 3. The van der Waals surface area contributed by atoms with Crippen molar-refractivity contribution in [3.63, 3.8) is 0 Å². The van der Waals surface area contributed by atoms with Crippen LogP contribution >= 0.6 is 0 Å². The van der Waals surface area contributed by atoms with Crippen molar-refractivity contribution >= 4 is 11.8 Å². The summed E-state index contributed by atoms with van der Waals surface area (Å²) in [4.78, 5) is 22.2. The molecular formula is C13H17FN2O3. The first-order valence-electron chi connectivity index (χ1n) is 5.97. The average Bonchev–Trinajstić information content (AvgIpc) is 2.42. The summed E-state index contributed by atoms with van der Waals surface area (Å²) in [6.45, 7) is 0.340. The van der Waals surface area contributed by atoms with Crippen molar-refractivity contribution in [2.45, 2.75) is 12.8 Å². The summed E-state index contributed by atoms with van der Waals surface area (Å²) in [5.41, 5.74) is 0. The summed E-state index contributed by atoms with van der Waals surface area (Å²) in [5, 5.41) is 4.89. The Balaban J connectivity index is 2.11. The van der Waals surface area contributed by atoms with Gasteiger partial charge in [0.05, 0.1) is 13.2 Å². The minimum absolute atomic E-state index is 0.0197. The van der Waals surface area contributed by atoms with E-state index in [1.165, 1.54) is 31.3 Å². The number of benzene rings is 1. The summed E-state index contributed by atoms with van der Waals surface area (Å²) in [5.74, 6) is -0.199. The Morgan fingerprint density at radius 3 is 2.53 bits per heavy atom. The van der Waals surface area contributed by atoms with Crippen LogP contribution in [0.5, 0.6) is 5.75 Å². The molecule has 0 saturated heterocycles. The highest BCUT2D eigenvalue weighted by molar-refractivity contribution is 5.84. The van der Waals surface area contributed by atoms with Crippen LogP contribution in [0.15, 0.2) is 24.3 Å². The molecular weight excluding hydrogens is 251 g/mol. The van der Waals surface area contributed by atoms with Crippen LogP contribution in [0.4, 0.5) is 4.39 Å². The number of amides is 2. The second-order valence-electron chi connectivity index (χ2n) is 3.86. The van der Waals surface area contributed by atoms with Gasteiger partial charge < -0.3 is 15.4 Å². The molecule has 0 radical (unpaired) electrons. The maximum atomic E-state index is 12.6. The first kappa shape index (κ1) is 14.9. The highest BCUT2D eigenvalue weighted by Crippen LogP contribution is 2.11. The van der Waals surface area contributed by atoms with Gasteiger partial charge in [0, 0.05) is 13.5 Å². The maximum absolute atomic E-state index is 12.6. The zero-order valence-electron chi connectivity index (χ0n) is 10.7. The lowest BCUT2D eigenvalue weighted by Gasteiger charge is -2.06. The molecule has 0 atom stereocenters. The van der Waals surface area contributed by atoms with Crippen LogP contribution < -0.4 is 15.4 Å². The van der Waals surface area contributed by atoms with E-state index >= 15 is 0 Å². The number of ether oxygens (including phenoxy) is 1. The number of rotatable bonds is 7. The third-order valence-electron chi connectivity index (χ3n) is 2.36. The molecule has 0 aliphatic carbocycles. The van der Waals surface area contributed by atoms with E-state index in [2.05, 4.69) is 10.6 Å². The molecule has 6 heteroatoms. The normalized spacial score (nSPS) is 9.79. The summed E-state index contributed by atoms with van der Waals surface area (Å²) in [6, 6.07) is 5.68. The van der Waals surface area contributed by atoms with Gasteiger partial charge in [-0.1, -0.05) is 0 Å². The Labute approximate surface area is 111 Å². The van der Waals surface area contributed by atoms with Gasteiger partial charge in [-0.3, -0.25) is 9.59 Å². The molecule has 0 heterocycles. The molecule has 0 aromatic heterocycles. The standard InChI is InChI=1S/C13H17FN2O3/c1-15-13(18)9-16-12(17)3-2-8-19-11-6-4-10(14)5-7-11/h4-7H,2-3,8-9H2,1H3,(H,15,18)(H,16,17). The predicted octanol–water partition coefficient (Wildman–Crippen LogP) is 0.847. The molecule has 0 fully saturated rings. The van der Waals surface area contributed by atoms with Crippen molar-refractivity contribution < 1.29 is 18.7 Å². The summed E-state index contributed by atoms with van der Waals surface area (Å²) >= 11 is 0. The van der Waals surface area contributed by atoms with E-state index in [9.17, 15) is 14.0 Å². The van der Waals surface area contributed by atoms with E-state index in [4.69, 9.17) is 4.74 Å². The van der Waals surface area contributed by atoms with Gasteiger partial charge in [-0.05, 0) is 30.7 Å². The molecule has 0 aliphatic heterocycles. The molecule has 2 amide bonds. The SMILES string of the molecule is CNC(=O)CNC(=O)CCCOc1ccc(F)cc1. The third-order valence-corrected chi connectivity index (χ3v) is 2.36. The fraction of sp³-hybridized carbons (Fsp3) is 0.385. The lowest BCUT2D eigenvalue weighted by molar-refractivity contribution is -0.126. The summed E-state index contributed by atoms with van der Waals surface area (Å²) in [6.07, 6.45) is 0.801. The second kappa shape index (κ2) is 8.07. The summed E-state index contributed by atoms with van der Waals surface area (Å²) < 4.78 is 18.0. The van der Waals surface area contributed by atoms with Crippen molar-refractivity contribution in [3.05, 3.63) is 30.1 Å². The van der Waals surface area contributed by atoms with E-state index in [1.54, 1.807) is 0 Å². The average molecular weight is 268 g/mol. The van der Waals surface area contributed by atoms with Crippen molar-refractivity contribution in [2.24, 2.45) is 0 Å². The Morgan fingerprint density at radius 2 is 1.89 bits per heavy atom. The molecule has 0 spiro atoms. The van der Waals surface area contributed by atoms with Crippen LogP contribution in [0.25, 0.3) is 0 Å². The van der Waals surface area contributed by atoms with E-state index in [0.29, 0.717) is 18.8 Å². The van der Waals surface area contributed by atoms with Crippen LogP contribution in [-0.4, -0.2) is 32.0 Å². The van der Waals surface area contributed by atoms with E-state index in [-0.39, 0.29) is 30.6 Å². The topological polar surface area (TPSA) is 67.4 Å². The molecule has 0 aliphatic rings. The minimum atomic E-state index is -0.319. The lowest BCUT2D eigenvalue weighted by atomic mass is 10.3. The highest BCUT2D eigenvalue weighted by Gasteiger charge is 2.04. The Kier molecular flexibility index (Phi) is 6.35. The third kappa shape index (κ3) is 6.40. The number of likely N-dealkylation sites (N-methyl/N-ethyl adjacent to an activating group) is 1. The van der Waals surface area contributed by atoms with Gasteiger partial charge in [0.25, 0.3) is 0 Å². The van der Waals surface area contributed by atoms with Gasteiger partial charge >= 0.3 is 0 Å². The fourth-order valence-electron chi connectivity index (χ4n) is 1.31. The number of hydrogen-bond donors (Lipinski definition) is 2. The number of carbonyl (C=O) groups excluding carboxylic acids is 2. The zero-order valence-corrected chi connectivity index (χ0v) is 10.7. The number of nitrogens with one attached hydrogen (secondary N) is 2. The van der Waals surface area contributed by atoms with Crippen LogP contribution in [0.2, 0.25) is 0 Å². The first-order valence-corrected chi connectivity index (χ1v) is 5.97. The van der Waals surface area contributed by atoms with Crippen molar-refractivity contribution in [2.75, 3.05) is 20.2 Å². The fourth-order valence-corrected chi connectivity index (χ4v) is 1.31. The predicted molar refractivity (Wildman–Crippen MR) is 68.2 cm³/mol. The molecule has 5 nitrogen and oxygen atoms in total. The molecule has 1 rings (SSSR count). The first-order chi connectivity index (χ1) is 9.11. The van der Waals surface area contributed by atoms with Crippen LogP contribution in [-0.2, 0) is 9.59 Å². The molecule has 0 unspecified atom stereocenters. The lowest BCUT2D eigenvalue weighted by Crippen LogP contribution is -2.35. The van der Waals surface area contributed by atoms with Gasteiger partial charge in [-0.25, -0.2) is 4.39 Å². The highest BCUT2D eigenvalue weighted by atomic mass is 19.1. The Morgan fingerprint density at radius 1 is 1.21 bits per heavy atom. The molecule has 104 valence electrons. The maximum Gasteiger partial charge on any atom is 0.239 e. The molecule has 1 aromatic rings. The minimum Gasteiger partial charge on any atom is -0.494 e. The Hall–Kier alpha value is -2.11. The molecule has 19 heavy (non-hydrogen) atoms. The van der Waals surface area contributed by atoms with Crippen molar-refractivity contribution in [1.29, 1.82) is 0 Å². The van der Waals surface area contributed by atoms with Gasteiger partial charge in [0.2, 0.25) is 11.8 Å². The quantitative estimate of drug-likeness (QED) is 0.720.